The van der Waals surface area contributed by atoms with Gasteiger partial charge in [-0.25, -0.2) is 0 Å². The molecular formula is C19H36O. The fourth-order valence-corrected chi connectivity index (χ4v) is 2.94. The van der Waals surface area contributed by atoms with Gasteiger partial charge in [0.1, 0.15) is 0 Å². The maximum Gasteiger partial charge on any atom is 0.0841 e. The molecule has 0 aliphatic carbocycles. The average Bonchev–Trinajstić information content (AvgIpc) is 3.15. The molecule has 1 fully saturated rings. The van der Waals surface area contributed by atoms with Gasteiger partial charge in [0.05, 0.1) is 12.2 Å². The number of hydrogen-bond acceptors (Lipinski definition) is 1. The molecule has 0 spiro atoms. The van der Waals surface area contributed by atoms with Gasteiger partial charge < -0.3 is 4.74 Å². The van der Waals surface area contributed by atoms with Gasteiger partial charge in [0.25, 0.3) is 0 Å². The van der Waals surface area contributed by atoms with Crippen LogP contribution in [0, 0.1) is 0 Å². The number of unbranched alkanes of at least 4 members (excludes halogenated alkanes) is 8. The zero-order valence-electron chi connectivity index (χ0n) is 14.0. The van der Waals surface area contributed by atoms with Gasteiger partial charge >= 0.3 is 0 Å². The molecule has 1 rings (SSSR count). The van der Waals surface area contributed by atoms with Gasteiger partial charge in [0, 0.05) is 0 Å². The third-order valence-electron chi connectivity index (χ3n) is 4.37. The lowest BCUT2D eigenvalue weighted by Crippen LogP contribution is -1.94. The first-order chi connectivity index (χ1) is 9.74. The van der Waals surface area contributed by atoms with E-state index in [1.54, 1.807) is 0 Å². The molecule has 1 saturated heterocycles. The van der Waals surface area contributed by atoms with E-state index in [0.717, 1.165) is 0 Å². The topological polar surface area (TPSA) is 12.5 Å². The largest absolute Gasteiger partial charge is 0.370 e. The van der Waals surface area contributed by atoms with E-state index in [9.17, 15) is 0 Å². The van der Waals surface area contributed by atoms with Crippen molar-refractivity contribution in [1.82, 2.24) is 0 Å². The highest BCUT2D eigenvalue weighted by Crippen LogP contribution is 2.31. The maximum atomic E-state index is 5.77. The minimum Gasteiger partial charge on any atom is -0.370 e. The standard InChI is InChI=1S/C19H36O/c1-4-5-6-7-8-9-12-15-18-19(20-18)16-13-10-11-14-17(2)3/h18-19H,2,4-16H2,1,3H3. The van der Waals surface area contributed by atoms with E-state index in [1.165, 1.54) is 89.0 Å². The Bertz CT molecular complexity index is 246. The lowest BCUT2D eigenvalue weighted by molar-refractivity contribution is 0.348. The number of rotatable bonds is 14. The number of allylic oxidation sites excluding steroid dienone is 1. The molecule has 1 nitrogen and oxygen atoms in total. The van der Waals surface area contributed by atoms with Crippen molar-refractivity contribution in [1.29, 1.82) is 0 Å². The Balaban J connectivity index is 1.78. The molecule has 0 aromatic rings. The monoisotopic (exact) mass is 280 g/mol. The summed E-state index contributed by atoms with van der Waals surface area (Å²) in [6.07, 6.45) is 18.9. The predicted molar refractivity (Wildman–Crippen MR) is 89.2 cm³/mol. The summed E-state index contributed by atoms with van der Waals surface area (Å²) in [7, 11) is 0. The van der Waals surface area contributed by atoms with Crippen molar-refractivity contribution in [2.75, 3.05) is 0 Å². The fourth-order valence-electron chi connectivity index (χ4n) is 2.94. The van der Waals surface area contributed by atoms with Crippen LogP contribution in [0.2, 0.25) is 0 Å². The Morgan fingerprint density at radius 3 is 1.85 bits per heavy atom. The summed E-state index contributed by atoms with van der Waals surface area (Å²) in [5, 5.41) is 0. The van der Waals surface area contributed by atoms with Gasteiger partial charge in [-0.3, -0.25) is 0 Å². The van der Waals surface area contributed by atoms with E-state index in [0.29, 0.717) is 12.2 Å². The van der Waals surface area contributed by atoms with E-state index < -0.39 is 0 Å². The minimum atomic E-state index is 0.611. The summed E-state index contributed by atoms with van der Waals surface area (Å²) in [4.78, 5) is 0. The van der Waals surface area contributed by atoms with E-state index in [1.807, 2.05) is 0 Å². The SMILES string of the molecule is C=C(C)CCCCCC1OC1CCCCCCCCC. The maximum absolute atomic E-state index is 5.77. The van der Waals surface area contributed by atoms with E-state index in [2.05, 4.69) is 20.4 Å². The summed E-state index contributed by atoms with van der Waals surface area (Å²) in [6.45, 7) is 8.36. The molecule has 20 heavy (non-hydrogen) atoms. The van der Waals surface area contributed by atoms with Crippen LogP contribution in [0.25, 0.3) is 0 Å². The zero-order chi connectivity index (χ0) is 14.6. The summed E-state index contributed by atoms with van der Waals surface area (Å²) in [5.41, 5.74) is 1.32. The first-order valence-corrected chi connectivity index (χ1v) is 9.04. The Labute approximate surface area is 127 Å². The molecule has 1 aliphatic heterocycles. The van der Waals surface area contributed by atoms with Gasteiger partial charge in [-0.2, -0.15) is 0 Å². The summed E-state index contributed by atoms with van der Waals surface area (Å²) < 4.78 is 5.77. The summed E-state index contributed by atoms with van der Waals surface area (Å²) in [5.74, 6) is 0. The zero-order valence-corrected chi connectivity index (χ0v) is 14.0. The molecule has 1 heteroatoms. The highest BCUT2D eigenvalue weighted by Gasteiger charge is 2.36. The quantitative estimate of drug-likeness (QED) is 0.203. The third-order valence-corrected chi connectivity index (χ3v) is 4.37. The summed E-state index contributed by atoms with van der Waals surface area (Å²) >= 11 is 0. The molecule has 0 aromatic carbocycles. The van der Waals surface area contributed by atoms with Crippen molar-refractivity contribution in [2.45, 2.75) is 110 Å². The number of epoxide rings is 1. The first kappa shape index (κ1) is 17.8. The van der Waals surface area contributed by atoms with E-state index in [4.69, 9.17) is 4.74 Å². The van der Waals surface area contributed by atoms with Crippen LogP contribution >= 0.6 is 0 Å². The molecule has 2 atom stereocenters. The molecule has 0 aromatic heterocycles. The van der Waals surface area contributed by atoms with Crippen molar-refractivity contribution in [3.8, 4) is 0 Å². The highest BCUT2D eigenvalue weighted by molar-refractivity contribution is 4.87. The van der Waals surface area contributed by atoms with Crippen LogP contribution < -0.4 is 0 Å². The molecule has 0 radical (unpaired) electrons. The van der Waals surface area contributed by atoms with Crippen molar-refractivity contribution in [2.24, 2.45) is 0 Å². The van der Waals surface area contributed by atoms with Crippen molar-refractivity contribution in [3.05, 3.63) is 12.2 Å². The minimum absolute atomic E-state index is 0.611. The van der Waals surface area contributed by atoms with Crippen LogP contribution in [0.15, 0.2) is 12.2 Å². The van der Waals surface area contributed by atoms with Crippen LogP contribution in [0.3, 0.4) is 0 Å². The van der Waals surface area contributed by atoms with Crippen LogP contribution in [0.4, 0.5) is 0 Å². The van der Waals surface area contributed by atoms with E-state index in [-0.39, 0.29) is 0 Å². The summed E-state index contributed by atoms with van der Waals surface area (Å²) in [6, 6.07) is 0. The molecule has 118 valence electrons. The highest BCUT2D eigenvalue weighted by atomic mass is 16.6. The second-order valence-electron chi connectivity index (χ2n) is 6.68. The lowest BCUT2D eigenvalue weighted by atomic mass is 10.0. The molecule has 1 heterocycles. The Morgan fingerprint density at radius 2 is 1.30 bits per heavy atom. The van der Waals surface area contributed by atoms with Gasteiger partial charge in [-0.15, -0.1) is 6.58 Å². The van der Waals surface area contributed by atoms with Crippen LogP contribution in [0.1, 0.15) is 97.3 Å². The normalized spacial score (nSPS) is 21.1. The third kappa shape index (κ3) is 9.58. The van der Waals surface area contributed by atoms with Crippen LogP contribution in [0.5, 0.6) is 0 Å². The molecule has 0 amide bonds. The van der Waals surface area contributed by atoms with Crippen molar-refractivity contribution < 1.29 is 4.74 Å². The van der Waals surface area contributed by atoms with Gasteiger partial charge in [0.15, 0.2) is 0 Å². The average molecular weight is 280 g/mol. The van der Waals surface area contributed by atoms with Gasteiger partial charge in [-0.05, 0) is 32.6 Å². The molecular weight excluding hydrogens is 244 g/mol. The molecule has 0 N–H and O–H groups in total. The number of hydrogen-bond donors (Lipinski definition) is 0. The number of ether oxygens (including phenoxy) is 1. The smallest absolute Gasteiger partial charge is 0.0841 e. The van der Waals surface area contributed by atoms with Gasteiger partial charge in [0.2, 0.25) is 0 Å². The second-order valence-corrected chi connectivity index (χ2v) is 6.68. The first-order valence-electron chi connectivity index (χ1n) is 9.04. The van der Waals surface area contributed by atoms with Crippen LogP contribution in [-0.2, 0) is 4.74 Å². The Morgan fingerprint density at radius 1 is 0.800 bits per heavy atom. The Hall–Kier alpha value is -0.300. The lowest BCUT2D eigenvalue weighted by Gasteiger charge is -2.00. The van der Waals surface area contributed by atoms with Crippen LogP contribution in [-0.4, -0.2) is 12.2 Å². The molecule has 2 unspecified atom stereocenters. The Kier molecular flexibility index (Phi) is 10.1. The second kappa shape index (κ2) is 11.4. The van der Waals surface area contributed by atoms with E-state index >= 15 is 0 Å². The predicted octanol–water partition coefficient (Wildman–Crippen LogP) is 6.42. The van der Waals surface area contributed by atoms with Crippen molar-refractivity contribution >= 4 is 0 Å². The molecule has 1 aliphatic rings. The van der Waals surface area contributed by atoms with Crippen molar-refractivity contribution in [3.63, 3.8) is 0 Å². The molecule has 0 bridgehead atoms. The van der Waals surface area contributed by atoms with Gasteiger partial charge in [-0.1, -0.05) is 70.3 Å². The molecule has 0 saturated carbocycles. The fraction of sp³-hybridized carbons (Fsp3) is 0.895.